The molecule has 2 fully saturated rings. The molecule has 5 nitrogen and oxygen atoms in total. The van der Waals surface area contributed by atoms with Gasteiger partial charge < -0.3 is 19.9 Å². The van der Waals surface area contributed by atoms with Crippen LogP contribution in [0.1, 0.15) is 50.1 Å². The Balaban J connectivity index is 0.00000192. The van der Waals surface area contributed by atoms with E-state index in [2.05, 4.69) is 29.6 Å². The molecule has 0 aromatic carbocycles. The lowest BCUT2D eigenvalue weighted by Crippen LogP contribution is -2.50. The Morgan fingerprint density at radius 1 is 1.26 bits per heavy atom. The van der Waals surface area contributed by atoms with Crippen LogP contribution in [0.25, 0.3) is 0 Å². The molecular weight excluding hydrogens is 314 g/mol. The minimum Gasteiger partial charge on any atom is -0.379 e. The van der Waals surface area contributed by atoms with Crippen molar-refractivity contribution >= 4 is 12.4 Å². The number of morpholine rings is 1. The lowest BCUT2D eigenvalue weighted by atomic mass is 9.93. The molecule has 6 heteroatoms. The molecule has 132 valence electrons. The van der Waals surface area contributed by atoms with E-state index >= 15 is 0 Å². The third kappa shape index (κ3) is 4.27. The van der Waals surface area contributed by atoms with Crippen molar-refractivity contribution in [3.8, 4) is 0 Å². The smallest absolute Gasteiger partial charge is 0.141 e. The molecule has 23 heavy (non-hydrogen) atoms. The number of nitrogens with one attached hydrogen (secondary N) is 2. The van der Waals surface area contributed by atoms with E-state index in [0.29, 0.717) is 18.0 Å². The molecule has 3 atom stereocenters. The van der Waals surface area contributed by atoms with Crippen molar-refractivity contribution in [2.45, 2.75) is 64.6 Å². The third-order valence-corrected chi connectivity index (χ3v) is 5.18. The Morgan fingerprint density at radius 2 is 2.13 bits per heavy atom. The van der Waals surface area contributed by atoms with Crippen molar-refractivity contribution in [1.82, 2.24) is 15.8 Å². The zero-order valence-electron chi connectivity index (χ0n) is 14.3. The SMILES string of the molecule is CCc1noc(CC)c1CNC1CCCC1C1COCCN1.Cl. The van der Waals surface area contributed by atoms with E-state index in [1.54, 1.807) is 0 Å². The Hall–Kier alpha value is -0.620. The topological polar surface area (TPSA) is 59.3 Å². The van der Waals surface area contributed by atoms with Gasteiger partial charge in [-0.15, -0.1) is 12.4 Å². The van der Waals surface area contributed by atoms with E-state index in [0.717, 1.165) is 50.6 Å². The first kappa shape index (κ1) is 18.7. The van der Waals surface area contributed by atoms with Crippen LogP contribution in [-0.2, 0) is 24.1 Å². The fourth-order valence-electron chi connectivity index (χ4n) is 3.96. The second-order valence-corrected chi connectivity index (χ2v) is 6.46. The van der Waals surface area contributed by atoms with Crippen molar-refractivity contribution in [3.63, 3.8) is 0 Å². The van der Waals surface area contributed by atoms with Crippen LogP contribution in [0, 0.1) is 5.92 Å². The number of nitrogens with zero attached hydrogens (tertiary/aromatic N) is 1. The largest absolute Gasteiger partial charge is 0.379 e. The normalized spacial score (nSPS) is 27.8. The number of rotatable bonds is 6. The first-order valence-corrected chi connectivity index (χ1v) is 8.84. The zero-order chi connectivity index (χ0) is 15.4. The highest BCUT2D eigenvalue weighted by Crippen LogP contribution is 2.30. The summed E-state index contributed by atoms with van der Waals surface area (Å²) in [6.07, 6.45) is 5.72. The van der Waals surface area contributed by atoms with Gasteiger partial charge in [-0.2, -0.15) is 0 Å². The molecule has 0 radical (unpaired) electrons. The average molecular weight is 344 g/mol. The molecule has 3 unspecified atom stereocenters. The molecule has 1 aromatic heterocycles. The van der Waals surface area contributed by atoms with Crippen LogP contribution in [0.2, 0.25) is 0 Å². The maximum Gasteiger partial charge on any atom is 0.141 e. The van der Waals surface area contributed by atoms with E-state index < -0.39 is 0 Å². The first-order chi connectivity index (χ1) is 10.8. The molecule has 1 saturated heterocycles. The number of aromatic nitrogens is 1. The minimum absolute atomic E-state index is 0. The Bertz CT molecular complexity index is 453. The van der Waals surface area contributed by atoms with Crippen LogP contribution in [0.3, 0.4) is 0 Å². The van der Waals surface area contributed by atoms with Crippen LogP contribution in [0.4, 0.5) is 0 Å². The minimum atomic E-state index is 0. The van der Waals surface area contributed by atoms with Crippen LogP contribution in [0.5, 0.6) is 0 Å². The summed E-state index contributed by atoms with van der Waals surface area (Å²) in [5.74, 6) is 1.72. The summed E-state index contributed by atoms with van der Waals surface area (Å²) in [6.45, 7) is 7.84. The third-order valence-electron chi connectivity index (χ3n) is 5.18. The fraction of sp³-hybridized carbons (Fsp3) is 0.824. The number of aryl methyl sites for hydroxylation is 2. The fourth-order valence-corrected chi connectivity index (χ4v) is 3.96. The summed E-state index contributed by atoms with van der Waals surface area (Å²) in [7, 11) is 0. The second kappa shape index (κ2) is 9.02. The lowest BCUT2D eigenvalue weighted by molar-refractivity contribution is 0.0524. The highest BCUT2D eigenvalue weighted by atomic mass is 35.5. The summed E-state index contributed by atoms with van der Waals surface area (Å²) < 4.78 is 11.1. The van der Waals surface area contributed by atoms with Gasteiger partial charge in [0.05, 0.1) is 18.9 Å². The van der Waals surface area contributed by atoms with Crippen molar-refractivity contribution in [2.75, 3.05) is 19.8 Å². The highest BCUT2D eigenvalue weighted by molar-refractivity contribution is 5.85. The number of ether oxygens (including phenoxy) is 1. The summed E-state index contributed by atoms with van der Waals surface area (Å²) >= 11 is 0. The van der Waals surface area contributed by atoms with Crippen molar-refractivity contribution < 1.29 is 9.26 Å². The molecule has 3 rings (SSSR count). The van der Waals surface area contributed by atoms with E-state index in [4.69, 9.17) is 9.26 Å². The molecule has 1 saturated carbocycles. The van der Waals surface area contributed by atoms with Gasteiger partial charge in [0.25, 0.3) is 0 Å². The summed E-state index contributed by atoms with van der Waals surface area (Å²) in [6, 6.07) is 1.08. The maximum absolute atomic E-state index is 5.65. The molecule has 2 heterocycles. The van der Waals surface area contributed by atoms with Gasteiger partial charge in [0.2, 0.25) is 0 Å². The van der Waals surface area contributed by atoms with E-state index in [-0.39, 0.29) is 12.4 Å². The Morgan fingerprint density at radius 3 is 2.83 bits per heavy atom. The molecule has 1 aliphatic heterocycles. The Labute approximate surface area is 145 Å². The number of halogens is 1. The summed E-state index contributed by atoms with van der Waals surface area (Å²) in [5.41, 5.74) is 2.39. The highest BCUT2D eigenvalue weighted by Gasteiger charge is 2.34. The van der Waals surface area contributed by atoms with Crippen LogP contribution in [-0.4, -0.2) is 37.0 Å². The number of hydrogen-bond acceptors (Lipinski definition) is 5. The van der Waals surface area contributed by atoms with Gasteiger partial charge >= 0.3 is 0 Å². The molecular formula is C17H30ClN3O2. The molecule has 2 N–H and O–H groups in total. The van der Waals surface area contributed by atoms with E-state index in [9.17, 15) is 0 Å². The predicted octanol–water partition coefficient (Wildman–Crippen LogP) is 2.47. The number of hydrogen-bond donors (Lipinski definition) is 2. The van der Waals surface area contributed by atoms with Crippen LogP contribution in [0.15, 0.2) is 4.52 Å². The summed E-state index contributed by atoms with van der Waals surface area (Å²) in [5, 5.41) is 11.6. The van der Waals surface area contributed by atoms with Gasteiger partial charge in [-0.25, -0.2) is 0 Å². The lowest BCUT2D eigenvalue weighted by Gasteiger charge is -2.33. The van der Waals surface area contributed by atoms with Gasteiger partial charge in [-0.3, -0.25) is 0 Å². The summed E-state index contributed by atoms with van der Waals surface area (Å²) in [4.78, 5) is 0. The van der Waals surface area contributed by atoms with Gasteiger partial charge in [0, 0.05) is 37.2 Å². The van der Waals surface area contributed by atoms with E-state index in [1.807, 2.05) is 0 Å². The standard InChI is InChI=1S/C17H29N3O2.ClH/c1-3-14-13(17(4-2)22-20-14)10-19-15-7-5-6-12(15)16-11-21-9-8-18-16;/h12,15-16,18-19H,3-11H2,1-2H3;1H. The van der Waals surface area contributed by atoms with Crippen LogP contribution >= 0.6 is 12.4 Å². The van der Waals surface area contributed by atoms with Gasteiger partial charge in [0.15, 0.2) is 0 Å². The van der Waals surface area contributed by atoms with Gasteiger partial charge in [-0.1, -0.05) is 25.4 Å². The van der Waals surface area contributed by atoms with Crippen molar-refractivity contribution in [2.24, 2.45) is 5.92 Å². The molecule has 1 aliphatic carbocycles. The molecule has 0 bridgehead atoms. The molecule has 0 amide bonds. The van der Waals surface area contributed by atoms with Gasteiger partial charge in [0.1, 0.15) is 5.76 Å². The van der Waals surface area contributed by atoms with Crippen molar-refractivity contribution in [3.05, 3.63) is 17.0 Å². The monoisotopic (exact) mass is 343 g/mol. The second-order valence-electron chi connectivity index (χ2n) is 6.46. The predicted molar refractivity (Wildman–Crippen MR) is 93.1 cm³/mol. The molecule has 0 spiro atoms. The first-order valence-electron chi connectivity index (χ1n) is 8.84. The molecule has 1 aromatic rings. The van der Waals surface area contributed by atoms with Crippen molar-refractivity contribution in [1.29, 1.82) is 0 Å². The maximum atomic E-state index is 5.65. The Kier molecular flexibility index (Phi) is 7.34. The van der Waals surface area contributed by atoms with Gasteiger partial charge in [-0.05, 0) is 25.2 Å². The molecule has 2 aliphatic rings. The zero-order valence-corrected chi connectivity index (χ0v) is 15.1. The van der Waals surface area contributed by atoms with E-state index in [1.165, 1.54) is 24.8 Å². The van der Waals surface area contributed by atoms with Crippen LogP contribution < -0.4 is 10.6 Å². The quantitative estimate of drug-likeness (QED) is 0.831. The average Bonchev–Trinajstić information content (AvgIpc) is 3.19.